The number of fused-ring (bicyclic) bond motifs is 1. The topological polar surface area (TPSA) is 69.6 Å². The summed E-state index contributed by atoms with van der Waals surface area (Å²) in [5.41, 5.74) is 1.70. The van der Waals surface area contributed by atoms with Gasteiger partial charge in [-0.1, -0.05) is 0 Å². The highest BCUT2D eigenvalue weighted by molar-refractivity contribution is 5.96. The third kappa shape index (κ3) is 2.54. The lowest BCUT2D eigenvalue weighted by molar-refractivity contribution is -0.141. The summed E-state index contributed by atoms with van der Waals surface area (Å²) in [6.07, 6.45) is 1.19. The maximum Gasteiger partial charge on any atom is 0.328 e. The summed E-state index contributed by atoms with van der Waals surface area (Å²) in [6.45, 7) is 3.23. The van der Waals surface area contributed by atoms with Crippen molar-refractivity contribution in [3.63, 3.8) is 0 Å². The number of benzene rings is 1. The van der Waals surface area contributed by atoms with Crippen LogP contribution in [-0.2, 0) is 16.0 Å². The zero-order valence-electron chi connectivity index (χ0n) is 11.4. The second-order valence-corrected chi connectivity index (χ2v) is 5.35. The molecule has 5 heteroatoms. The molecule has 0 radical (unpaired) electrons. The molecule has 1 aromatic rings. The number of aliphatic carboxylic acids is 1. The fourth-order valence-corrected chi connectivity index (χ4v) is 2.15. The molecule has 1 heterocycles. The van der Waals surface area contributed by atoms with E-state index in [2.05, 4.69) is 5.32 Å². The van der Waals surface area contributed by atoms with Crippen LogP contribution in [-0.4, -0.2) is 29.6 Å². The first-order valence-electron chi connectivity index (χ1n) is 6.22. The number of carboxylic acid groups (broad SMARTS) is 1. The third-order valence-corrected chi connectivity index (χ3v) is 3.41. The highest BCUT2D eigenvalue weighted by Crippen LogP contribution is 2.30. The number of carbonyl (C=O) groups is 2. The maximum absolute atomic E-state index is 11.6. The minimum absolute atomic E-state index is 0.110. The highest BCUT2D eigenvalue weighted by atomic mass is 16.4. The fraction of sp³-hybridized carbons (Fsp3) is 0.429. The molecule has 0 saturated heterocycles. The zero-order valence-corrected chi connectivity index (χ0v) is 11.4. The van der Waals surface area contributed by atoms with Gasteiger partial charge >= 0.3 is 5.97 Å². The van der Waals surface area contributed by atoms with Gasteiger partial charge in [0.05, 0.1) is 0 Å². The number of nitrogens with one attached hydrogen (secondary N) is 1. The number of amides is 1. The lowest BCUT2D eigenvalue weighted by Gasteiger charge is -2.28. The number of rotatable bonds is 3. The maximum atomic E-state index is 11.6. The minimum atomic E-state index is -1.02. The monoisotopic (exact) mass is 262 g/mol. The van der Waals surface area contributed by atoms with Gasteiger partial charge in [0.15, 0.2) is 0 Å². The van der Waals surface area contributed by atoms with Crippen molar-refractivity contribution in [1.29, 1.82) is 0 Å². The molecule has 0 aliphatic carbocycles. The predicted molar refractivity (Wildman–Crippen MR) is 73.5 cm³/mol. The van der Waals surface area contributed by atoms with E-state index in [1.807, 2.05) is 12.1 Å². The van der Waals surface area contributed by atoms with Gasteiger partial charge in [0, 0.05) is 24.8 Å². The van der Waals surface area contributed by atoms with Crippen LogP contribution in [0.1, 0.15) is 25.8 Å². The van der Waals surface area contributed by atoms with Gasteiger partial charge in [0.2, 0.25) is 5.91 Å². The number of carboxylic acids is 1. The van der Waals surface area contributed by atoms with Crippen LogP contribution >= 0.6 is 0 Å². The van der Waals surface area contributed by atoms with Crippen molar-refractivity contribution >= 4 is 23.3 Å². The van der Waals surface area contributed by atoms with E-state index >= 15 is 0 Å². The Balaban J connectivity index is 2.28. The Bertz CT molecular complexity index is 537. The van der Waals surface area contributed by atoms with Crippen LogP contribution in [0.2, 0.25) is 0 Å². The molecule has 0 unspecified atom stereocenters. The van der Waals surface area contributed by atoms with Gasteiger partial charge in [-0.25, -0.2) is 4.79 Å². The van der Waals surface area contributed by atoms with E-state index < -0.39 is 11.5 Å². The zero-order chi connectivity index (χ0) is 14.2. The molecular formula is C14H18N2O3. The number of hydrogen-bond acceptors (Lipinski definition) is 3. The number of nitrogens with zero attached hydrogens (tertiary/aromatic N) is 1. The number of anilines is 2. The summed E-state index contributed by atoms with van der Waals surface area (Å²) < 4.78 is 0. The summed E-state index contributed by atoms with van der Waals surface area (Å²) in [7, 11) is 1.76. The Morgan fingerprint density at radius 2 is 2.05 bits per heavy atom. The van der Waals surface area contributed by atoms with Crippen LogP contribution in [0.25, 0.3) is 0 Å². The van der Waals surface area contributed by atoms with Crippen molar-refractivity contribution in [3.8, 4) is 0 Å². The molecule has 0 bridgehead atoms. The van der Waals surface area contributed by atoms with Crippen LogP contribution in [0, 0.1) is 0 Å². The van der Waals surface area contributed by atoms with Gasteiger partial charge in [-0.05, 0) is 44.0 Å². The van der Waals surface area contributed by atoms with E-state index in [1.165, 1.54) is 0 Å². The third-order valence-electron chi connectivity index (χ3n) is 3.41. The average molecular weight is 262 g/mol. The van der Waals surface area contributed by atoms with Crippen molar-refractivity contribution in [2.45, 2.75) is 32.2 Å². The lowest BCUT2D eigenvalue weighted by atomic mass is 9.99. The molecule has 1 aliphatic rings. The van der Waals surface area contributed by atoms with Crippen molar-refractivity contribution < 1.29 is 14.7 Å². The van der Waals surface area contributed by atoms with E-state index in [9.17, 15) is 9.59 Å². The first-order chi connectivity index (χ1) is 8.81. The van der Waals surface area contributed by atoms with E-state index in [4.69, 9.17) is 5.11 Å². The molecule has 0 aromatic heterocycles. The Morgan fingerprint density at radius 3 is 2.68 bits per heavy atom. The van der Waals surface area contributed by atoms with E-state index in [0.29, 0.717) is 12.8 Å². The smallest absolute Gasteiger partial charge is 0.328 e. The Morgan fingerprint density at radius 1 is 1.37 bits per heavy atom. The molecule has 1 amide bonds. The Hall–Kier alpha value is -2.04. The van der Waals surface area contributed by atoms with Crippen LogP contribution in [0.3, 0.4) is 0 Å². The van der Waals surface area contributed by atoms with Crippen LogP contribution < -0.4 is 10.2 Å². The highest BCUT2D eigenvalue weighted by Gasteiger charge is 2.27. The fourth-order valence-electron chi connectivity index (χ4n) is 2.15. The van der Waals surface area contributed by atoms with E-state index in [0.717, 1.165) is 16.9 Å². The number of hydrogen-bond donors (Lipinski definition) is 2. The predicted octanol–water partition coefficient (Wildman–Crippen LogP) is 1.87. The van der Waals surface area contributed by atoms with Gasteiger partial charge in [0.1, 0.15) is 5.54 Å². The first-order valence-corrected chi connectivity index (χ1v) is 6.22. The summed E-state index contributed by atoms with van der Waals surface area (Å²) >= 11 is 0. The molecule has 5 nitrogen and oxygen atoms in total. The largest absolute Gasteiger partial charge is 0.480 e. The molecule has 102 valence electrons. The minimum Gasteiger partial charge on any atom is -0.480 e. The molecular weight excluding hydrogens is 244 g/mol. The molecule has 0 atom stereocenters. The molecule has 2 N–H and O–H groups in total. The van der Waals surface area contributed by atoms with Crippen LogP contribution in [0.5, 0.6) is 0 Å². The van der Waals surface area contributed by atoms with Crippen LogP contribution in [0.15, 0.2) is 18.2 Å². The molecule has 1 aliphatic heterocycles. The molecule has 2 rings (SSSR count). The Kier molecular flexibility index (Phi) is 3.22. The van der Waals surface area contributed by atoms with Crippen molar-refractivity contribution in [2.24, 2.45) is 0 Å². The summed E-state index contributed by atoms with van der Waals surface area (Å²) in [5.74, 6) is -0.795. The summed E-state index contributed by atoms with van der Waals surface area (Å²) in [4.78, 5) is 24.3. The first kappa shape index (κ1) is 13.4. The van der Waals surface area contributed by atoms with Crippen LogP contribution in [0.4, 0.5) is 11.4 Å². The van der Waals surface area contributed by atoms with Gasteiger partial charge in [-0.2, -0.15) is 0 Å². The molecule has 0 saturated carbocycles. The van der Waals surface area contributed by atoms with E-state index in [-0.39, 0.29) is 5.91 Å². The molecule has 0 fully saturated rings. The van der Waals surface area contributed by atoms with Crippen molar-refractivity contribution in [1.82, 2.24) is 0 Å². The standard InChI is InChI=1S/C14H18N2O3/c1-14(2,13(18)19)15-10-5-6-11-9(8-10)4-7-12(17)16(11)3/h5-6,8,15H,4,7H2,1-3H3,(H,18,19). The van der Waals surface area contributed by atoms with Gasteiger partial charge in [-0.3, -0.25) is 4.79 Å². The molecule has 19 heavy (non-hydrogen) atoms. The SMILES string of the molecule is CN1C(=O)CCc2cc(NC(C)(C)C(=O)O)ccc21. The second-order valence-electron chi connectivity index (χ2n) is 5.35. The normalized spacial score (nSPS) is 15.1. The molecule has 0 spiro atoms. The van der Waals surface area contributed by atoms with Crippen molar-refractivity contribution in [2.75, 3.05) is 17.3 Å². The lowest BCUT2D eigenvalue weighted by Crippen LogP contribution is -2.40. The summed E-state index contributed by atoms with van der Waals surface area (Å²) in [6, 6.07) is 5.58. The number of carbonyl (C=O) groups excluding carboxylic acids is 1. The van der Waals surface area contributed by atoms with Gasteiger partial charge in [-0.15, -0.1) is 0 Å². The van der Waals surface area contributed by atoms with Gasteiger partial charge < -0.3 is 15.3 Å². The quantitative estimate of drug-likeness (QED) is 0.872. The molecule has 1 aromatic carbocycles. The second kappa shape index (κ2) is 4.57. The van der Waals surface area contributed by atoms with Gasteiger partial charge in [0.25, 0.3) is 0 Å². The van der Waals surface area contributed by atoms with Crippen molar-refractivity contribution in [3.05, 3.63) is 23.8 Å². The Labute approximate surface area is 112 Å². The number of aryl methyl sites for hydroxylation is 1. The average Bonchev–Trinajstić information content (AvgIpc) is 2.33. The van der Waals surface area contributed by atoms with E-state index in [1.54, 1.807) is 31.9 Å². The summed E-state index contributed by atoms with van der Waals surface area (Å²) in [5, 5.41) is 12.1.